The Labute approximate surface area is 161 Å². The summed E-state index contributed by atoms with van der Waals surface area (Å²) < 4.78 is 0. The van der Waals surface area contributed by atoms with Crippen molar-refractivity contribution in [2.45, 2.75) is 63.7 Å². The Balaban J connectivity index is 1.40. The third-order valence-electron chi connectivity index (χ3n) is 5.51. The monoisotopic (exact) mass is 391 g/mol. The van der Waals surface area contributed by atoms with Gasteiger partial charge in [0, 0.05) is 17.5 Å². The molecule has 2 aliphatic rings. The lowest BCUT2D eigenvalue weighted by atomic mass is 10.0. The normalized spacial score (nSPS) is 19.9. The van der Waals surface area contributed by atoms with E-state index in [4.69, 9.17) is 0 Å². The van der Waals surface area contributed by atoms with Crippen LogP contribution >= 0.6 is 23.1 Å². The van der Waals surface area contributed by atoms with Gasteiger partial charge in [-0.05, 0) is 50.5 Å². The van der Waals surface area contributed by atoms with Crippen molar-refractivity contribution < 1.29 is 4.79 Å². The molecule has 7 heteroatoms. The van der Waals surface area contributed by atoms with E-state index in [1.54, 1.807) is 23.1 Å². The number of H-pyrrole nitrogens is 1. The first-order valence-electron chi connectivity index (χ1n) is 9.58. The molecule has 1 fully saturated rings. The van der Waals surface area contributed by atoms with Crippen molar-refractivity contribution in [2.24, 2.45) is 0 Å². The Bertz CT molecular complexity index is 874. The van der Waals surface area contributed by atoms with Gasteiger partial charge >= 0.3 is 0 Å². The summed E-state index contributed by atoms with van der Waals surface area (Å²) in [5.41, 5.74) is 1.20. The minimum absolute atomic E-state index is 0.0154. The van der Waals surface area contributed by atoms with E-state index in [-0.39, 0.29) is 11.5 Å². The Morgan fingerprint density at radius 3 is 3.08 bits per heavy atom. The van der Waals surface area contributed by atoms with Gasteiger partial charge < -0.3 is 9.88 Å². The summed E-state index contributed by atoms with van der Waals surface area (Å²) in [7, 11) is 0. The van der Waals surface area contributed by atoms with Crippen molar-refractivity contribution in [2.75, 3.05) is 12.3 Å². The fourth-order valence-corrected chi connectivity index (χ4v) is 6.24. The summed E-state index contributed by atoms with van der Waals surface area (Å²) in [4.78, 5) is 36.9. The SMILES string of the molecule is CCC1CCCCN1C(=O)CSCc1nc2sc3c(c2c(=O)[nH]1)CCC3. The summed E-state index contributed by atoms with van der Waals surface area (Å²) >= 11 is 3.21. The third-order valence-corrected chi connectivity index (χ3v) is 7.62. The zero-order chi connectivity index (χ0) is 18.1. The van der Waals surface area contributed by atoms with Crippen molar-refractivity contribution in [3.05, 3.63) is 26.6 Å². The second-order valence-electron chi connectivity index (χ2n) is 7.19. The van der Waals surface area contributed by atoms with E-state index in [0.29, 0.717) is 23.4 Å². The van der Waals surface area contributed by atoms with Crippen molar-refractivity contribution in [1.82, 2.24) is 14.9 Å². The fourth-order valence-electron chi connectivity index (χ4n) is 4.19. The second kappa shape index (κ2) is 7.72. The lowest BCUT2D eigenvalue weighted by Gasteiger charge is -2.35. The number of carbonyl (C=O) groups is 1. The topological polar surface area (TPSA) is 66.1 Å². The molecule has 2 aromatic rings. The van der Waals surface area contributed by atoms with Gasteiger partial charge in [-0.15, -0.1) is 23.1 Å². The molecule has 1 atom stereocenters. The van der Waals surface area contributed by atoms with Crippen molar-refractivity contribution in [3.63, 3.8) is 0 Å². The van der Waals surface area contributed by atoms with Gasteiger partial charge in [-0.1, -0.05) is 6.92 Å². The molecule has 26 heavy (non-hydrogen) atoms. The first kappa shape index (κ1) is 18.0. The second-order valence-corrected chi connectivity index (χ2v) is 9.26. The van der Waals surface area contributed by atoms with Gasteiger partial charge in [-0.2, -0.15) is 0 Å². The molecule has 1 saturated heterocycles. The number of amides is 1. The number of piperidine rings is 1. The molecule has 0 radical (unpaired) electrons. The highest BCUT2D eigenvalue weighted by Gasteiger charge is 2.25. The number of nitrogens with one attached hydrogen (secondary N) is 1. The molecular formula is C19H25N3O2S2. The molecule has 4 rings (SSSR count). The quantitative estimate of drug-likeness (QED) is 0.847. The number of aromatic nitrogens is 2. The van der Waals surface area contributed by atoms with Crippen molar-refractivity contribution in [3.8, 4) is 0 Å². The van der Waals surface area contributed by atoms with Crippen LogP contribution in [0.3, 0.4) is 0 Å². The van der Waals surface area contributed by atoms with Gasteiger partial charge in [0.15, 0.2) is 0 Å². The number of hydrogen-bond acceptors (Lipinski definition) is 5. The average molecular weight is 392 g/mol. The molecule has 0 spiro atoms. The Morgan fingerprint density at radius 1 is 1.35 bits per heavy atom. The number of aromatic amines is 1. The van der Waals surface area contributed by atoms with E-state index < -0.39 is 0 Å². The standard InChI is InChI=1S/C19H25N3O2S2/c1-2-12-6-3-4-9-22(12)16(23)11-25-10-15-20-18(24)17-13-7-5-8-14(13)26-19(17)21-15/h12H,2-11H2,1H3,(H,20,21,24). The summed E-state index contributed by atoms with van der Waals surface area (Å²) in [5.74, 6) is 1.94. The largest absolute Gasteiger partial charge is 0.339 e. The smallest absolute Gasteiger partial charge is 0.259 e. The lowest BCUT2D eigenvalue weighted by molar-refractivity contribution is -0.132. The Hall–Kier alpha value is -1.34. The van der Waals surface area contributed by atoms with Crippen LogP contribution in [0.1, 0.15) is 55.3 Å². The minimum atomic E-state index is -0.0154. The van der Waals surface area contributed by atoms with E-state index in [2.05, 4.69) is 21.8 Å². The van der Waals surface area contributed by atoms with Gasteiger partial charge in [0.1, 0.15) is 10.7 Å². The van der Waals surface area contributed by atoms with Crippen LogP contribution < -0.4 is 5.56 Å². The molecule has 3 heterocycles. The molecule has 1 amide bonds. The van der Waals surface area contributed by atoms with Crippen LogP contribution in [-0.2, 0) is 23.4 Å². The average Bonchev–Trinajstić information content (AvgIpc) is 3.22. The summed E-state index contributed by atoms with van der Waals surface area (Å²) in [6, 6.07) is 0.402. The number of fused-ring (bicyclic) bond motifs is 3. The molecule has 0 aromatic carbocycles. The molecule has 5 nitrogen and oxygen atoms in total. The maximum atomic E-state index is 12.5. The Kier molecular flexibility index (Phi) is 5.36. The fraction of sp³-hybridized carbons (Fsp3) is 0.632. The number of thioether (sulfide) groups is 1. The first-order valence-corrected chi connectivity index (χ1v) is 11.5. The van der Waals surface area contributed by atoms with Crippen LogP contribution in [0.15, 0.2) is 4.79 Å². The number of thiophene rings is 1. The number of nitrogens with zero attached hydrogens (tertiary/aromatic N) is 2. The van der Waals surface area contributed by atoms with Crippen LogP contribution in [0.5, 0.6) is 0 Å². The van der Waals surface area contributed by atoms with Crippen LogP contribution in [0.2, 0.25) is 0 Å². The molecular weight excluding hydrogens is 366 g/mol. The highest BCUT2D eigenvalue weighted by atomic mass is 32.2. The highest BCUT2D eigenvalue weighted by Crippen LogP contribution is 2.34. The highest BCUT2D eigenvalue weighted by molar-refractivity contribution is 7.99. The van der Waals surface area contributed by atoms with Crippen molar-refractivity contribution >= 4 is 39.2 Å². The number of carbonyl (C=O) groups excluding carboxylic acids is 1. The maximum absolute atomic E-state index is 12.5. The first-order chi connectivity index (χ1) is 12.7. The molecule has 1 N–H and O–H groups in total. The van der Waals surface area contributed by atoms with E-state index in [1.165, 1.54) is 16.9 Å². The zero-order valence-electron chi connectivity index (χ0n) is 15.2. The molecule has 1 aliphatic heterocycles. The number of hydrogen-bond donors (Lipinski definition) is 1. The van der Waals surface area contributed by atoms with Gasteiger partial charge in [-0.25, -0.2) is 4.98 Å². The van der Waals surface area contributed by atoms with Gasteiger partial charge in [-0.3, -0.25) is 9.59 Å². The van der Waals surface area contributed by atoms with Gasteiger partial charge in [0.25, 0.3) is 5.56 Å². The molecule has 140 valence electrons. The van der Waals surface area contributed by atoms with E-state index in [9.17, 15) is 9.59 Å². The zero-order valence-corrected chi connectivity index (χ0v) is 16.8. The van der Waals surface area contributed by atoms with Crippen LogP contribution in [0.4, 0.5) is 0 Å². The van der Waals surface area contributed by atoms with Gasteiger partial charge in [0.2, 0.25) is 5.91 Å². The maximum Gasteiger partial charge on any atom is 0.259 e. The van der Waals surface area contributed by atoms with Gasteiger partial charge in [0.05, 0.1) is 16.9 Å². The molecule has 1 aliphatic carbocycles. The minimum Gasteiger partial charge on any atom is -0.339 e. The van der Waals surface area contributed by atoms with Crippen LogP contribution in [0, 0.1) is 0 Å². The van der Waals surface area contributed by atoms with E-state index in [0.717, 1.165) is 55.3 Å². The number of likely N-dealkylation sites (tertiary alicyclic amines) is 1. The van der Waals surface area contributed by atoms with E-state index in [1.807, 2.05) is 0 Å². The predicted octanol–water partition coefficient (Wildman–Crippen LogP) is 3.50. The number of rotatable bonds is 5. The van der Waals surface area contributed by atoms with Crippen molar-refractivity contribution in [1.29, 1.82) is 0 Å². The van der Waals surface area contributed by atoms with Crippen LogP contribution in [0.25, 0.3) is 10.2 Å². The van der Waals surface area contributed by atoms with E-state index >= 15 is 0 Å². The lowest BCUT2D eigenvalue weighted by Crippen LogP contribution is -2.44. The molecule has 0 bridgehead atoms. The number of aryl methyl sites for hydroxylation is 2. The molecule has 1 unspecified atom stereocenters. The Morgan fingerprint density at radius 2 is 2.23 bits per heavy atom. The molecule has 0 saturated carbocycles. The summed E-state index contributed by atoms with van der Waals surface area (Å²) in [6.07, 6.45) is 7.71. The van der Waals surface area contributed by atoms with Crippen LogP contribution in [-0.4, -0.2) is 39.1 Å². The summed E-state index contributed by atoms with van der Waals surface area (Å²) in [5, 5.41) is 0.798. The third kappa shape index (κ3) is 3.43. The molecule has 2 aromatic heterocycles. The summed E-state index contributed by atoms with van der Waals surface area (Å²) in [6.45, 7) is 3.05. The predicted molar refractivity (Wildman–Crippen MR) is 108 cm³/mol.